The largest absolute Gasteiger partial charge is 0.467 e. The number of hydrogen-bond acceptors (Lipinski definition) is 3. The van der Waals surface area contributed by atoms with Crippen molar-refractivity contribution in [2.24, 2.45) is 0 Å². The van der Waals surface area contributed by atoms with E-state index in [9.17, 15) is 18.4 Å². The van der Waals surface area contributed by atoms with Gasteiger partial charge in [0.25, 0.3) is 11.8 Å². The lowest BCUT2D eigenvalue weighted by Crippen LogP contribution is -2.23. The van der Waals surface area contributed by atoms with Gasteiger partial charge in [-0.2, -0.15) is 0 Å². The van der Waals surface area contributed by atoms with Gasteiger partial charge in [-0.1, -0.05) is 12.1 Å². The minimum absolute atomic E-state index is 0.0956. The van der Waals surface area contributed by atoms with Crippen LogP contribution in [-0.2, 0) is 6.54 Å². The number of furan rings is 1. The van der Waals surface area contributed by atoms with Crippen LogP contribution in [0.5, 0.6) is 0 Å². The van der Waals surface area contributed by atoms with Crippen molar-refractivity contribution in [3.05, 3.63) is 89.4 Å². The highest BCUT2D eigenvalue weighted by Gasteiger charge is 2.15. The summed E-state index contributed by atoms with van der Waals surface area (Å²) in [5.74, 6) is -2.32. The topological polar surface area (TPSA) is 71.3 Å². The molecule has 0 aliphatic heterocycles. The molecule has 1 heterocycles. The first-order valence-electron chi connectivity index (χ1n) is 7.70. The van der Waals surface area contributed by atoms with Crippen molar-refractivity contribution >= 4 is 17.5 Å². The van der Waals surface area contributed by atoms with Gasteiger partial charge in [0.2, 0.25) is 0 Å². The normalized spacial score (nSPS) is 10.4. The van der Waals surface area contributed by atoms with Crippen molar-refractivity contribution in [2.75, 3.05) is 5.32 Å². The lowest BCUT2D eigenvalue weighted by molar-refractivity contribution is 0.0948. The van der Waals surface area contributed by atoms with E-state index in [0.717, 1.165) is 12.1 Å². The molecule has 0 aliphatic rings. The summed E-state index contributed by atoms with van der Waals surface area (Å²) in [5.41, 5.74) is -0.207. The van der Waals surface area contributed by atoms with Gasteiger partial charge in [-0.3, -0.25) is 9.59 Å². The molecule has 0 radical (unpaired) electrons. The fraction of sp³-hybridized carbons (Fsp3) is 0.0526. The molecule has 132 valence electrons. The molecule has 0 spiro atoms. The molecular formula is C19H14F2N2O3. The van der Waals surface area contributed by atoms with Crippen LogP contribution in [0.1, 0.15) is 26.5 Å². The van der Waals surface area contributed by atoms with Gasteiger partial charge in [0.05, 0.1) is 12.8 Å². The maximum absolute atomic E-state index is 13.6. The Morgan fingerprint density at radius 2 is 1.54 bits per heavy atom. The van der Waals surface area contributed by atoms with Crippen LogP contribution < -0.4 is 10.6 Å². The van der Waals surface area contributed by atoms with E-state index in [2.05, 4.69) is 10.6 Å². The van der Waals surface area contributed by atoms with Gasteiger partial charge < -0.3 is 15.1 Å². The quantitative estimate of drug-likeness (QED) is 0.732. The Kier molecular flexibility index (Phi) is 5.07. The van der Waals surface area contributed by atoms with Crippen LogP contribution in [0.3, 0.4) is 0 Å². The lowest BCUT2D eigenvalue weighted by Gasteiger charge is -2.09. The minimum atomic E-state index is -0.884. The molecule has 0 unspecified atom stereocenters. The Labute approximate surface area is 147 Å². The Bertz CT molecular complexity index is 919. The second-order valence-corrected chi connectivity index (χ2v) is 5.39. The Morgan fingerprint density at radius 1 is 0.885 bits per heavy atom. The van der Waals surface area contributed by atoms with E-state index >= 15 is 0 Å². The number of nitrogens with one attached hydrogen (secondary N) is 2. The van der Waals surface area contributed by atoms with E-state index in [4.69, 9.17) is 4.42 Å². The summed E-state index contributed by atoms with van der Waals surface area (Å²) in [4.78, 5) is 24.4. The third-order valence-electron chi connectivity index (χ3n) is 3.59. The number of amides is 2. The molecule has 2 aromatic carbocycles. The minimum Gasteiger partial charge on any atom is -0.467 e. The molecule has 0 saturated heterocycles. The molecule has 0 saturated carbocycles. The maximum atomic E-state index is 13.6. The zero-order valence-corrected chi connectivity index (χ0v) is 13.5. The van der Waals surface area contributed by atoms with E-state index < -0.39 is 29.1 Å². The van der Waals surface area contributed by atoms with E-state index in [1.165, 1.54) is 36.6 Å². The maximum Gasteiger partial charge on any atom is 0.255 e. The summed E-state index contributed by atoms with van der Waals surface area (Å²) in [6.07, 6.45) is 1.49. The van der Waals surface area contributed by atoms with Gasteiger partial charge in [0.15, 0.2) is 0 Å². The number of carbonyl (C=O) groups excluding carboxylic acids is 2. The predicted octanol–water partition coefficient (Wildman–Crippen LogP) is 3.74. The van der Waals surface area contributed by atoms with Crippen LogP contribution in [0, 0.1) is 11.6 Å². The van der Waals surface area contributed by atoms with Crippen LogP contribution in [0.2, 0.25) is 0 Å². The Hall–Kier alpha value is -3.48. The summed E-state index contributed by atoms with van der Waals surface area (Å²) >= 11 is 0. The fourth-order valence-corrected chi connectivity index (χ4v) is 2.29. The second kappa shape index (κ2) is 7.60. The van der Waals surface area contributed by atoms with Crippen molar-refractivity contribution in [2.45, 2.75) is 6.54 Å². The van der Waals surface area contributed by atoms with Gasteiger partial charge in [-0.25, -0.2) is 8.78 Å². The second-order valence-electron chi connectivity index (χ2n) is 5.39. The SMILES string of the molecule is O=C(NCc1ccco1)c1cccc(C(=O)Nc2c(F)cccc2F)c1. The van der Waals surface area contributed by atoms with E-state index in [1.807, 2.05) is 0 Å². The molecule has 0 fully saturated rings. The first-order valence-corrected chi connectivity index (χ1v) is 7.70. The van der Waals surface area contributed by atoms with E-state index in [-0.39, 0.29) is 17.7 Å². The van der Waals surface area contributed by atoms with Crippen LogP contribution >= 0.6 is 0 Å². The fourth-order valence-electron chi connectivity index (χ4n) is 2.29. The summed E-state index contributed by atoms with van der Waals surface area (Å²) in [6, 6.07) is 12.5. The summed E-state index contributed by atoms with van der Waals surface area (Å²) in [5, 5.41) is 4.83. The molecule has 2 N–H and O–H groups in total. The Morgan fingerprint density at radius 3 is 2.19 bits per heavy atom. The zero-order valence-electron chi connectivity index (χ0n) is 13.5. The highest BCUT2D eigenvalue weighted by molar-refractivity contribution is 6.06. The average molecular weight is 356 g/mol. The van der Waals surface area contributed by atoms with Crippen molar-refractivity contribution in [3.8, 4) is 0 Å². The van der Waals surface area contributed by atoms with Crippen molar-refractivity contribution in [1.82, 2.24) is 5.32 Å². The number of carbonyl (C=O) groups is 2. The molecule has 26 heavy (non-hydrogen) atoms. The van der Waals surface area contributed by atoms with Crippen molar-refractivity contribution < 1.29 is 22.8 Å². The van der Waals surface area contributed by atoms with Crippen LogP contribution in [0.4, 0.5) is 14.5 Å². The number of para-hydroxylation sites is 1. The first-order chi connectivity index (χ1) is 12.5. The first kappa shape index (κ1) is 17.3. The number of benzene rings is 2. The van der Waals surface area contributed by atoms with Crippen LogP contribution in [0.15, 0.2) is 65.3 Å². The zero-order chi connectivity index (χ0) is 18.5. The van der Waals surface area contributed by atoms with Crippen molar-refractivity contribution in [3.63, 3.8) is 0 Å². The van der Waals surface area contributed by atoms with Gasteiger partial charge in [0.1, 0.15) is 23.1 Å². The predicted molar refractivity (Wildman–Crippen MR) is 90.6 cm³/mol. The molecular weight excluding hydrogens is 342 g/mol. The van der Waals surface area contributed by atoms with Crippen molar-refractivity contribution in [1.29, 1.82) is 0 Å². The monoisotopic (exact) mass is 356 g/mol. The lowest BCUT2D eigenvalue weighted by atomic mass is 10.1. The molecule has 0 aliphatic carbocycles. The highest BCUT2D eigenvalue weighted by Crippen LogP contribution is 2.19. The summed E-state index contributed by atoms with van der Waals surface area (Å²) in [6.45, 7) is 0.197. The van der Waals surface area contributed by atoms with Crippen LogP contribution in [0.25, 0.3) is 0 Å². The highest BCUT2D eigenvalue weighted by atomic mass is 19.1. The summed E-state index contributed by atoms with van der Waals surface area (Å²) in [7, 11) is 0. The average Bonchev–Trinajstić information content (AvgIpc) is 3.16. The van der Waals surface area contributed by atoms with Crippen LogP contribution in [-0.4, -0.2) is 11.8 Å². The van der Waals surface area contributed by atoms with Gasteiger partial charge in [0, 0.05) is 11.1 Å². The number of hydrogen-bond donors (Lipinski definition) is 2. The Balaban J connectivity index is 1.72. The molecule has 3 rings (SSSR count). The molecule has 2 amide bonds. The molecule has 0 atom stereocenters. The number of rotatable bonds is 5. The smallest absolute Gasteiger partial charge is 0.255 e. The molecule has 1 aromatic heterocycles. The van der Waals surface area contributed by atoms with E-state index in [1.54, 1.807) is 12.1 Å². The number of halogens is 2. The standard InChI is InChI=1S/C19H14F2N2O3/c20-15-7-2-8-16(21)17(15)23-19(25)13-5-1-4-12(10-13)18(24)22-11-14-6-3-9-26-14/h1-10H,11H2,(H,22,24)(H,23,25). The molecule has 3 aromatic rings. The molecule has 7 heteroatoms. The van der Waals surface area contributed by atoms with Gasteiger partial charge in [-0.15, -0.1) is 0 Å². The third kappa shape index (κ3) is 3.94. The summed E-state index contributed by atoms with van der Waals surface area (Å²) < 4.78 is 32.4. The molecule has 5 nitrogen and oxygen atoms in total. The number of anilines is 1. The third-order valence-corrected chi connectivity index (χ3v) is 3.59. The van der Waals surface area contributed by atoms with E-state index in [0.29, 0.717) is 5.76 Å². The van der Waals surface area contributed by atoms with Gasteiger partial charge >= 0.3 is 0 Å². The van der Waals surface area contributed by atoms with Gasteiger partial charge in [-0.05, 0) is 42.5 Å². The molecule has 0 bridgehead atoms.